The van der Waals surface area contributed by atoms with Crippen molar-refractivity contribution in [1.29, 1.82) is 0 Å². The van der Waals surface area contributed by atoms with E-state index < -0.39 is 4.92 Å². The third-order valence-electron chi connectivity index (χ3n) is 4.11. The maximum atomic E-state index is 12.1. The van der Waals surface area contributed by atoms with Crippen LogP contribution >= 0.6 is 23.4 Å². The van der Waals surface area contributed by atoms with Crippen LogP contribution in [0.15, 0.2) is 59.6 Å². The fraction of sp³-hybridized carbons (Fsp3) is 0.200. The van der Waals surface area contributed by atoms with Crippen LogP contribution in [0.4, 0.5) is 11.4 Å². The largest absolute Gasteiger partial charge is 0.384 e. The highest BCUT2D eigenvalue weighted by molar-refractivity contribution is 8.00. The first-order valence-electron chi connectivity index (χ1n) is 8.95. The van der Waals surface area contributed by atoms with Crippen molar-refractivity contribution < 1.29 is 9.72 Å². The molecule has 0 aliphatic rings. The molecule has 1 amide bonds. The summed E-state index contributed by atoms with van der Waals surface area (Å²) >= 11 is 7.49. The van der Waals surface area contributed by atoms with Gasteiger partial charge in [-0.25, -0.2) is 0 Å². The summed E-state index contributed by atoms with van der Waals surface area (Å²) < 4.78 is 0. The molecule has 2 N–H and O–H groups in total. The first kappa shape index (κ1) is 20.9. The molecule has 150 valence electrons. The Morgan fingerprint density at radius 3 is 2.79 bits per heavy atom. The number of nitrogens with zero attached hydrogens (tertiary/aromatic N) is 2. The van der Waals surface area contributed by atoms with Gasteiger partial charge in [0.15, 0.2) is 0 Å². The van der Waals surface area contributed by atoms with E-state index in [1.807, 2.05) is 30.3 Å². The first-order valence-corrected chi connectivity index (χ1v) is 10.3. The Morgan fingerprint density at radius 2 is 2.00 bits per heavy atom. The third-order valence-corrected chi connectivity index (χ3v) is 5.47. The summed E-state index contributed by atoms with van der Waals surface area (Å²) in [5, 5.41) is 18.1. The van der Waals surface area contributed by atoms with Crippen LogP contribution in [0.2, 0.25) is 5.02 Å². The molecule has 0 bridgehead atoms. The summed E-state index contributed by atoms with van der Waals surface area (Å²) in [6.45, 7) is 1.10. The van der Waals surface area contributed by atoms with E-state index in [1.165, 1.54) is 23.9 Å². The highest BCUT2D eigenvalue weighted by Crippen LogP contribution is 2.27. The molecule has 0 fully saturated rings. The minimum Gasteiger partial charge on any atom is -0.384 e. The van der Waals surface area contributed by atoms with Crippen molar-refractivity contribution in [2.75, 3.05) is 24.2 Å². The standard InChI is InChI=1S/C20H19ClN4O3S/c21-16-12-15(25(27)28)7-8-17(16)22-10-3-11-23-19(26)13-29-18-6-1-4-14-5-2-9-24-20(14)18/h1-2,4-9,12,22H,3,10-11,13H2,(H,23,26). The van der Waals surface area contributed by atoms with Crippen LogP contribution in [0.1, 0.15) is 6.42 Å². The van der Waals surface area contributed by atoms with Crippen LogP contribution < -0.4 is 10.6 Å². The number of thioether (sulfide) groups is 1. The van der Waals surface area contributed by atoms with Gasteiger partial charge in [0, 0.05) is 41.7 Å². The number of nitro groups is 1. The minimum absolute atomic E-state index is 0.0451. The lowest BCUT2D eigenvalue weighted by atomic mass is 10.2. The summed E-state index contributed by atoms with van der Waals surface area (Å²) in [4.78, 5) is 27.7. The number of benzene rings is 2. The highest BCUT2D eigenvalue weighted by atomic mass is 35.5. The third kappa shape index (κ3) is 5.82. The van der Waals surface area contributed by atoms with Gasteiger partial charge in [-0.05, 0) is 24.6 Å². The van der Waals surface area contributed by atoms with Gasteiger partial charge in [-0.1, -0.05) is 29.8 Å². The number of hydrogen-bond acceptors (Lipinski definition) is 6. The number of para-hydroxylation sites is 1. The summed E-state index contributed by atoms with van der Waals surface area (Å²) in [5.41, 5.74) is 1.48. The van der Waals surface area contributed by atoms with E-state index in [4.69, 9.17) is 11.6 Å². The van der Waals surface area contributed by atoms with Crippen molar-refractivity contribution >= 4 is 51.5 Å². The zero-order valence-corrected chi connectivity index (χ0v) is 17.0. The van der Waals surface area contributed by atoms with Crippen LogP contribution in [0.5, 0.6) is 0 Å². The molecule has 7 nitrogen and oxygen atoms in total. The number of fused-ring (bicyclic) bond motifs is 1. The van der Waals surface area contributed by atoms with Crippen molar-refractivity contribution in [3.63, 3.8) is 0 Å². The number of hydrogen-bond donors (Lipinski definition) is 2. The van der Waals surface area contributed by atoms with Gasteiger partial charge in [0.2, 0.25) is 5.91 Å². The SMILES string of the molecule is O=C(CSc1cccc2cccnc12)NCCCNc1ccc([N+](=O)[O-])cc1Cl. The van der Waals surface area contributed by atoms with Gasteiger partial charge < -0.3 is 10.6 Å². The second kappa shape index (κ2) is 10.1. The minimum atomic E-state index is -0.489. The lowest BCUT2D eigenvalue weighted by Gasteiger charge is -2.09. The second-order valence-electron chi connectivity index (χ2n) is 6.17. The number of nitro benzene ring substituents is 1. The molecular formula is C20H19ClN4O3S. The normalized spacial score (nSPS) is 10.7. The smallest absolute Gasteiger partial charge is 0.271 e. The average Bonchev–Trinajstić information content (AvgIpc) is 2.72. The summed E-state index contributed by atoms with van der Waals surface area (Å²) in [7, 11) is 0. The molecule has 2 aromatic carbocycles. The molecule has 1 aromatic heterocycles. The Hall–Kier alpha value is -2.84. The highest BCUT2D eigenvalue weighted by Gasteiger charge is 2.09. The van der Waals surface area contributed by atoms with Gasteiger partial charge in [0.25, 0.3) is 5.69 Å². The van der Waals surface area contributed by atoms with Gasteiger partial charge in [-0.15, -0.1) is 11.8 Å². The lowest BCUT2D eigenvalue weighted by molar-refractivity contribution is -0.384. The van der Waals surface area contributed by atoms with E-state index in [2.05, 4.69) is 15.6 Å². The van der Waals surface area contributed by atoms with Gasteiger partial charge in [-0.3, -0.25) is 19.9 Å². The quantitative estimate of drug-likeness (QED) is 0.224. The topological polar surface area (TPSA) is 97.2 Å². The molecule has 0 atom stereocenters. The number of amides is 1. The van der Waals surface area contributed by atoms with Crippen molar-refractivity contribution in [2.45, 2.75) is 11.3 Å². The maximum absolute atomic E-state index is 12.1. The van der Waals surface area contributed by atoms with Crippen LogP contribution in [-0.4, -0.2) is 34.7 Å². The molecule has 0 saturated carbocycles. The van der Waals surface area contributed by atoms with Gasteiger partial charge in [0.1, 0.15) is 0 Å². The fourth-order valence-corrected chi connectivity index (χ4v) is 3.80. The lowest BCUT2D eigenvalue weighted by Crippen LogP contribution is -2.27. The van der Waals surface area contributed by atoms with Gasteiger partial charge in [-0.2, -0.15) is 0 Å². The number of halogens is 1. The summed E-state index contributed by atoms with van der Waals surface area (Å²) in [6, 6.07) is 14.1. The summed E-state index contributed by atoms with van der Waals surface area (Å²) in [5.74, 6) is 0.272. The maximum Gasteiger partial charge on any atom is 0.271 e. The van der Waals surface area contributed by atoms with Crippen molar-refractivity contribution in [2.24, 2.45) is 0 Å². The Morgan fingerprint density at radius 1 is 1.17 bits per heavy atom. The molecular weight excluding hydrogens is 412 g/mol. The van der Waals surface area contributed by atoms with Gasteiger partial charge >= 0.3 is 0 Å². The Balaban J connectivity index is 1.39. The number of nitrogens with one attached hydrogen (secondary N) is 2. The van der Waals surface area contributed by atoms with Gasteiger partial charge in [0.05, 0.1) is 26.9 Å². The molecule has 9 heteroatoms. The number of aromatic nitrogens is 1. The van der Waals surface area contributed by atoms with Crippen LogP contribution in [0.3, 0.4) is 0 Å². The molecule has 0 aliphatic carbocycles. The summed E-state index contributed by atoms with van der Waals surface area (Å²) in [6.07, 6.45) is 2.44. The average molecular weight is 431 g/mol. The number of carbonyl (C=O) groups excluding carboxylic acids is 1. The van der Waals surface area contributed by atoms with Crippen LogP contribution in [0, 0.1) is 10.1 Å². The van der Waals surface area contributed by atoms with E-state index in [0.29, 0.717) is 36.0 Å². The van der Waals surface area contributed by atoms with E-state index >= 15 is 0 Å². The monoisotopic (exact) mass is 430 g/mol. The molecule has 0 unspecified atom stereocenters. The Labute approximate surface area is 177 Å². The van der Waals surface area contributed by atoms with E-state index in [1.54, 1.807) is 12.3 Å². The molecule has 0 spiro atoms. The van der Waals surface area contributed by atoms with Crippen molar-refractivity contribution in [3.05, 3.63) is 69.9 Å². The Kier molecular flexibility index (Phi) is 7.26. The molecule has 0 radical (unpaired) electrons. The predicted molar refractivity (Wildman–Crippen MR) is 117 cm³/mol. The van der Waals surface area contributed by atoms with Crippen LogP contribution in [-0.2, 0) is 4.79 Å². The second-order valence-corrected chi connectivity index (χ2v) is 7.60. The number of non-ortho nitro benzene ring substituents is 1. The van der Waals surface area contributed by atoms with Crippen molar-refractivity contribution in [3.8, 4) is 0 Å². The zero-order chi connectivity index (χ0) is 20.6. The number of rotatable bonds is 9. The molecule has 0 aliphatic heterocycles. The fourth-order valence-electron chi connectivity index (χ4n) is 2.69. The predicted octanol–water partition coefficient (Wildman–Crippen LogP) is 4.51. The number of pyridine rings is 1. The van der Waals surface area contributed by atoms with E-state index in [9.17, 15) is 14.9 Å². The molecule has 1 heterocycles. The molecule has 3 rings (SSSR count). The van der Waals surface area contributed by atoms with E-state index in [0.717, 1.165) is 15.8 Å². The van der Waals surface area contributed by atoms with Crippen LogP contribution in [0.25, 0.3) is 10.9 Å². The van der Waals surface area contributed by atoms with Crippen molar-refractivity contribution in [1.82, 2.24) is 10.3 Å². The number of anilines is 1. The number of carbonyl (C=O) groups is 1. The molecule has 0 saturated heterocycles. The molecule has 29 heavy (non-hydrogen) atoms. The molecule has 3 aromatic rings. The van der Waals surface area contributed by atoms with E-state index in [-0.39, 0.29) is 11.6 Å². The Bertz CT molecular complexity index is 1030. The zero-order valence-electron chi connectivity index (χ0n) is 15.4. The first-order chi connectivity index (χ1) is 14.0.